The minimum absolute atomic E-state index is 0.265. The molecule has 0 aromatic heterocycles. The molecule has 0 aliphatic rings. The van der Waals surface area contributed by atoms with Gasteiger partial charge in [0.05, 0.1) is 33.0 Å². The van der Waals surface area contributed by atoms with Gasteiger partial charge in [0.15, 0.2) is 0 Å². The van der Waals surface area contributed by atoms with Gasteiger partial charge in [-0.25, -0.2) is 4.79 Å². The van der Waals surface area contributed by atoms with Gasteiger partial charge in [0.2, 0.25) is 0 Å². The van der Waals surface area contributed by atoms with Crippen molar-refractivity contribution in [1.29, 1.82) is 0 Å². The second kappa shape index (κ2) is 13.1. The molecular weight excluding hydrogens is 286 g/mol. The van der Waals surface area contributed by atoms with Crippen molar-refractivity contribution in [3.8, 4) is 0 Å². The van der Waals surface area contributed by atoms with Gasteiger partial charge in [-0.1, -0.05) is 30.3 Å². The quantitative estimate of drug-likeness (QED) is 0.598. The van der Waals surface area contributed by atoms with Crippen molar-refractivity contribution in [2.24, 2.45) is 0 Å². The maximum atomic E-state index is 11.4. The molecule has 1 N–H and O–H groups in total. The zero-order valence-corrected chi connectivity index (χ0v) is 13.1. The first-order valence-electron chi connectivity index (χ1n) is 7.50. The van der Waals surface area contributed by atoms with Crippen LogP contribution in [0.25, 0.3) is 0 Å². The largest absolute Gasteiger partial charge is 0.445 e. The zero-order valence-electron chi connectivity index (χ0n) is 13.1. The Hall–Kier alpha value is -1.63. The molecule has 6 nitrogen and oxygen atoms in total. The highest BCUT2D eigenvalue weighted by Gasteiger charge is 2.01. The van der Waals surface area contributed by atoms with Gasteiger partial charge in [-0.2, -0.15) is 0 Å². The summed E-state index contributed by atoms with van der Waals surface area (Å²) in [7, 11) is 0. The summed E-state index contributed by atoms with van der Waals surface area (Å²) in [6.45, 7) is 5.93. The normalized spacial score (nSPS) is 10.4. The number of nitrogens with one attached hydrogen (secondary N) is 1. The van der Waals surface area contributed by atoms with Gasteiger partial charge in [0.25, 0.3) is 0 Å². The summed E-state index contributed by atoms with van der Waals surface area (Å²) in [5.74, 6) is 0. The Bertz CT molecular complexity index is 385. The molecule has 0 bridgehead atoms. The smallest absolute Gasteiger partial charge is 0.407 e. The molecule has 1 aromatic rings. The van der Waals surface area contributed by atoms with Crippen LogP contribution in [0.2, 0.25) is 0 Å². The highest BCUT2D eigenvalue weighted by atomic mass is 16.6. The molecule has 0 saturated heterocycles. The molecule has 0 spiro atoms. The van der Waals surface area contributed by atoms with Crippen molar-refractivity contribution < 1.29 is 23.7 Å². The Morgan fingerprint density at radius 2 is 1.59 bits per heavy atom. The summed E-state index contributed by atoms with van der Waals surface area (Å²) in [6, 6.07) is 9.53. The molecule has 6 heteroatoms. The number of ether oxygens (including phenoxy) is 4. The molecule has 0 saturated carbocycles. The number of carbonyl (C=O) groups excluding carboxylic acids is 1. The van der Waals surface area contributed by atoms with Gasteiger partial charge in [-0.05, 0) is 12.5 Å². The fourth-order valence-electron chi connectivity index (χ4n) is 1.58. The molecule has 1 amide bonds. The van der Waals surface area contributed by atoms with Gasteiger partial charge in [-0.3, -0.25) is 0 Å². The SMILES string of the molecule is CCOCCOCCOCCNC(=O)OCc1ccccc1. The highest BCUT2D eigenvalue weighted by Crippen LogP contribution is 2.00. The molecule has 22 heavy (non-hydrogen) atoms. The molecule has 0 fully saturated rings. The van der Waals surface area contributed by atoms with Crippen molar-refractivity contribution in [2.45, 2.75) is 13.5 Å². The van der Waals surface area contributed by atoms with E-state index in [1.165, 1.54) is 0 Å². The topological polar surface area (TPSA) is 66.0 Å². The second-order valence-electron chi connectivity index (χ2n) is 4.41. The number of benzene rings is 1. The summed E-state index contributed by atoms with van der Waals surface area (Å²) in [5.41, 5.74) is 0.957. The molecule has 0 unspecified atom stereocenters. The number of hydrogen-bond donors (Lipinski definition) is 1. The average Bonchev–Trinajstić information content (AvgIpc) is 2.55. The fraction of sp³-hybridized carbons (Fsp3) is 0.562. The third-order valence-electron chi connectivity index (χ3n) is 2.68. The minimum Gasteiger partial charge on any atom is -0.445 e. The maximum absolute atomic E-state index is 11.4. The molecule has 124 valence electrons. The predicted octanol–water partition coefficient (Wildman–Crippen LogP) is 1.98. The molecular formula is C16H25NO5. The van der Waals surface area contributed by atoms with E-state index in [2.05, 4.69) is 5.32 Å². The lowest BCUT2D eigenvalue weighted by Crippen LogP contribution is -2.28. The molecule has 0 aliphatic heterocycles. The van der Waals surface area contributed by atoms with Gasteiger partial charge >= 0.3 is 6.09 Å². The van der Waals surface area contributed by atoms with Crippen LogP contribution in [-0.2, 0) is 25.6 Å². The Morgan fingerprint density at radius 1 is 0.955 bits per heavy atom. The van der Waals surface area contributed by atoms with E-state index in [1.54, 1.807) is 0 Å². The minimum atomic E-state index is -0.444. The fourth-order valence-corrected chi connectivity index (χ4v) is 1.58. The van der Waals surface area contributed by atoms with E-state index in [9.17, 15) is 4.79 Å². The lowest BCUT2D eigenvalue weighted by Gasteiger charge is -2.08. The van der Waals surface area contributed by atoms with Crippen LogP contribution < -0.4 is 5.32 Å². The highest BCUT2D eigenvalue weighted by molar-refractivity contribution is 5.67. The molecule has 0 aliphatic carbocycles. The summed E-state index contributed by atoms with van der Waals surface area (Å²) < 4.78 is 20.8. The van der Waals surface area contributed by atoms with Crippen LogP contribution in [-0.4, -0.2) is 52.3 Å². The van der Waals surface area contributed by atoms with Crippen LogP contribution in [0.15, 0.2) is 30.3 Å². The Labute approximate surface area is 131 Å². The maximum Gasteiger partial charge on any atom is 0.407 e. The van der Waals surface area contributed by atoms with Crippen LogP contribution in [0.5, 0.6) is 0 Å². The molecule has 0 radical (unpaired) electrons. The molecule has 1 aromatic carbocycles. The monoisotopic (exact) mass is 311 g/mol. The Morgan fingerprint density at radius 3 is 2.27 bits per heavy atom. The standard InChI is InChI=1S/C16H25NO5/c1-2-19-10-11-21-13-12-20-9-8-17-16(18)22-14-15-6-4-3-5-7-15/h3-7H,2,8-14H2,1H3,(H,17,18). The van der Waals surface area contributed by atoms with E-state index in [0.717, 1.165) is 5.56 Å². The molecule has 0 atom stereocenters. The van der Waals surface area contributed by atoms with Gasteiger partial charge in [-0.15, -0.1) is 0 Å². The van der Waals surface area contributed by atoms with Gasteiger partial charge < -0.3 is 24.3 Å². The lowest BCUT2D eigenvalue weighted by molar-refractivity contribution is 0.0174. The number of hydrogen-bond acceptors (Lipinski definition) is 5. The van der Waals surface area contributed by atoms with Crippen molar-refractivity contribution in [3.63, 3.8) is 0 Å². The summed E-state index contributed by atoms with van der Waals surface area (Å²) in [4.78, 5) is 11.4. The van der Waals surface area contributed by atoms with Crippen LogP contribution in [0.3, 0.4) is 0 Å². The third-order valence-corrected chi connectivity index (χ3v) is 2.68. The number of carbonyl (C=O) groups is 1. The average molecular weight is 311 g/mol. The lowest BCUT2D eigenvalue weighted by atomic mass is 10.2. The van der Waals surface area contributed by atoms with E-state index in [1.807, 2.05) is 37.3 Å². The first-order valence-corrected chi connectivity index (χ1v) is 7.50. The van der Waals surface area contributed by atoms with Gasteiger partial charge in [0.1, 0.15) is 6.61 Å². The van der Waals surface area contributed by atoms with Crippen molar-refractivity contribution in [3.05, 3.63) is 35.9 Å². The van der Waals surface area contributed by atoms with Crippen molar-refractivity contribution in [1.82, 2.24) is 5.32 Å². The number of rotatable bonds is 12. The summed E-state index contributed by atoms with van der Waals surface area (Å²) in [5, 5.41) is 2.62. The van der Waals surface area contributed by atoms with E-state index in [-0.39, 0.29) is 6.61 Å². The van der Waals surface area contributed by atoms with Crippen LogP contribution in [0, 0.1) is 0 Å². The summed E-state index contributed by atoms with van der Waals surface area (Å²) >= 11 is 0. The molecule has 1 rings (SSSR count). The van der Waals surface area contributed by atoms with Crippen LogP contribution in [0.1, 0.15) is 12.5 Å². The third kappa shape index (κ3) is 10.1. The van der Waals surface area contributed by atoms with Gasteiger partial charge in [0, 0.05) is 13.2 Å². The van der Waals surface area contributed by atoms with E-state index >= 15 is 0 Å². The summed E-state index contributed by atoms with van der Waals surface area (Å²) in [6.07, 6.45) is -0.444. The van der Waals surface area contributed by atoms with Crippen molar-refractivity contribution >= 4 is 6.09 Å². The number of alkyl carbamates (subject to hydrolysis) is 1. The van der Waals surface area contributed by atoms with Crippen molar-refractivity contribution in [2.75, 3.05) is 46.2 Å². The predicted molar refractivity (Wildman–Crippen MR) is 82.8 cm³/mol. The first-order chi connectivity index (χ1) is 10.8. The first kappa shape index (κ1) is 18.4. The number of amides is 1. The Balaban J connectivity index is 1.87. The van der Waals surface area contributed by atoms with E-state index in [0.29, 0.717) is 46.2 Å². The second-order valence-corrected chi connectivity index (χ2v) is 4.41. The van der Waals surface area contributed by atoms with Crippen LogP contribution >= 0.6 is 0 Å². The van der Waals surface area contributed by atoms with E-state index < -0.39 is 6.09 Å². The zero-order chi connectivity index (χ0) is 15.9. The van der Waals surface area contributed by atoms with E-state index in [4.69, 9.17) is 18.9 Å². The Kier molecular flexibility index (Phi) is 10.9. The molecule has 0 heterocycles. The van der Waals surface area contributed by atoms with Crippen LogP contribution in [0.4, 0.5) is 4.79 Å².